The van der Waals surface area contributed by atoms with Crippen molar-refractivity contribution in [1.29, 1.82) is 0 Å². The Bertz CT molecular complexity index is 443. The molecule has 0 aliphatic rings. The molecular formula is C7H6Cl2O4S. The molecule has 0 radical (unpaired) electrons. The second-order valence-corrected chi connectivity index (χ2v) is 4.85. The quantitative estimate of drug-likeness (QED) is 0.793. The van der Waals surface area contributed by atoms with Crippen molar-refractivity contribution in [2.24, 2.45) is 0 Å². The standard InChI is InChI=1S/C7H6Cl2O4S/c8-4-1-2-6(9)5(3-4)7(10)14(11,12)13/h1-3,7,10H,(H,11,12,13). The zero-order chi connectivity index (χ0) is 10.9. The maximum Gasteiger partial charge on any atom is 0.296 e. The summed E-state index contributed by atoms with van der Waals surface area (Å²) in [7, 11) is -4.58. The van der Waals surface area contributed by atoms with Crippen LogP contribution >= 0.6 is 23.2 Å². The molecule has 0 aliphatic carbocycles. The normalized spacial score (nSPS) is 14.0. The molecular weight excluding hydrogens is 251 g/mol. The van der Waals surface area contributed by atoms with Crippen molar-refractivity contribution in [2.75, 3.05) is 0 Å². The maximum atomic E-state index is 10.6. The van der Waals surface area contributed by atoms with E-state index >= 15 is 0 Å². The zero-order valence-electron chi connectivity index (χ0n) is 6.68. The lowest BCUT2D eigenvalue weighted by atomic mass is 10.2. The van der Waals surface area contributed by atoms with Crippen LogP contribution in [0.1, 0.15) is 11.0 Å². The van der Waals surface area contributed by atoms with Crippen LogP contribution in [0, 0.1) is 0 Å². The average molecular weight is 257 g/mol. The van der Waals surface area contributed by atoms with Crippen LogP contribution < -0.4 is 0 Å². The fraction of sp³-hybridized carbons (Fsp3) is 0.143. The molecule has 1 rings (SSSR count). The lowest BCUT2D eigenvalue weighted by Gasteiger charge is -2.09. The van der Waals surface area contributed by atoms with Crippen LogP contribution in [0.3, 0.4) is 0 Å². The van der Waals surface area contributed by atoms with Crippen LogP contribution in [-0.4, -0.2) is 18.1 Å². The highest BCUT2D eigenvalue weighted by Crippen LogP contribution is 2.28. The number of rotatable bonds is 2. The third-order valence-corrected chi connectivity index (χ3v) is 2.90. The highest BCUT2D eigenvalue weighted by molar-refractivity contribution is 7.85. The van der Waals surface area contributed by atoms with Crippen LogP contribution in [0.4, 0.5) is 0 Å². The van der Waals surface area contributed by atoms with Gasteiger partial charge >= 0.3 is 0 Å². The number of aliphatic hydroxyl groups excluding tert-OH is 1. The topological polar surface area (TPSA) is 74.6 Å². The molecule has 1 aromatic rings. The molecule has 0 amide bonds. The first-order valence-corrected chi connectivity index (χ1v) is 5.67. The summed E-state index contributed by atoms with van der Waals surface area (Å²) >= 11 is 11.2. The van der Waals surface area contributed by atoms with E-state index in [-0.39, 0.29) is 15.6 Å². The van der Waals surface area contributed by atoms with Crippen LogP contribution in [0.2, 0.25) is 10.0 Å². The summed E-state index contributed by atoms with van der Waals surface area (Å²) < 4.78 is 29.8. The summed E-state index contributed by atoms with van der Waals surface area (Å²) in [6, 6.07) is 3.93. The number of halogens is 2. The number of aliphatic hydroxyl groups is 1. The van der Waals surface area contributed by atoms with Gasteiger partial charge in [0.25, 0.3) is 10.1 Å². The first-order valence-electron chi connectivity index (χ1n) is 3.41. The van der Waals surface area contributed by atoms with Gasteiger partial charge in [0.1, 0.15) is 0 Å². The minimum atomic E-state index is -4.58. The Hall–Kier alpha value is -0.330. The fourth-order valence-corrected chi connectivity index (χ4v) is 1.85. The van der Waals surface area contributed by atoms with Gasteiger partial charge in [-0.3, -0.25) is 4.55 Å². The molecule has 0 bridgehead atoms. The molecule has 2 N–H and O–H groups in total. The average Bonchev–Trinajstić information content (AvgIpc) is 2.06. The van der Waals surface area contributed by atoms with Crippen molar-refractivity contribution >= 4 is 33.3 Å². The van der Waals surface area contributed by atoms with Gasteiger partial charge in [-0.15, -0.1) is 0 Å². The molecule has 0 heterocycles. The second kappa shape index (κ2) is 4.04. The van der Waals surface area contributed by atoms with E-state index in [9.17, 15) is 13.5 Å². The Morgan fingerprint density at radius 2 is 1.86 bits per heavy atom. The van der Waals surface area contributed by atoms with Gasteiger partial charge in [-0.2, -0.15) is 8.42 Å². The van der Waals surface area contributed by atoms with Gasteiger partial charge in [0.15, 0.2) is 0 Å². The van der Waals surface area contributed by atoms with Crippen LogP contribution in [0.25, 0.3) is 0 Å². The van der Waals surface area contributed by atoms with Gasteiger partial charge in [-0.1, -0.05) is 23.2 Å². The van der Waals surface area contributed by atoms with Gasteiger partial charge in [0.05, 0.1) is 0 Å². The third kappa shape index (κ3) is 2.59. The minimum Gasteiger partial charge on any atom is -0.371 e. The van der Waals surface area contributed by atoms with Crippen molar-refractivity contribution in [3.8, 4) is 0 Å². The van der Waals surface area contributed by atoms with Gasteiger partial charge in [-0.05, 0) is 18.2 Å². The van der Waals surface area contributed by atoms with Crippen molar-refractivity contribution in [2.45, 2.75) is 5.44 Å². The molecule has 4 nitrogen and oxygen atoms in total. The van der Waals surface area contributed by atoms with E-state index in [1.54, 1.807) is 0 Å². The van der Waals surface area contributed by atoms with Gasteiger partial charge in [0, 0.05) is 15.6 Å². The monoisotopic (exact) mass is 256 g/mol. The van der Waals surface area contributed by atoms with E-state index in [0.717, 1.165) is 0 Å². The van der Waals surface area contributed by atoms with Crippen molar-refractivity contribution in [3.63, 3.8) is 0 Å². The Balaban J connectivity index is 3.26. The lowest BCUT2D eigenvalue weighted by Crippen LogP contribution is -2.11. The van der Waals surface area contributed by atoms with Gasteiger partial charge in [0.2, 0.25) is 5.44 Å². The molecule has 0 aromatic heterocycles. The summed E-state index contributed by atoms with van der Waals surface area (Å²) in [6.45, 7) is 0. The summed E-state index contributed by atoms with van der Waals surface area (Å²) in [4.78, 5) is 0. The van der Waals surface area contributed by atoms with E-state index in [2.05, 4.69) is 0 Å². The first kappa shape index (κ1) is 11.7. The van der Waals surface area contributed by atoms with E-state index in [4.69, 9.17) is 27.8 Å². The van der Waals surface area contributed by atoms with Crippen LogP contribution in [0.15, 0.2) is 18.2 Å². The molecule has 78 valence electrons. The molecule has 7 heteroatoms. The van der Waals surface area contributed by atoms with Crippen LogP contribution in [-0.2, 0) is 10.1 Å². The lowest BCUT2D eigenvalue weighted by molar-refractivity contribution is 0.238. The Kier molecular flexibility index (Phi) is 3.39. The minimum absolute atomic E-state index is 0.0134. The molecule has 1 aromatic carbocycles. The second-order valence-electron chi connectivity index (χ2n) is 2.53. The smallest absolute Gasteiger partial charge is 0.296 e. The molecule has 0 fully saturated rings. The van der Waals surface area contributed by atoms with Crippen molar-refractivity contribution in [3.05, 3.63) is 33.8 Å². The first-order chi connectivity index (χ1) is 6.32. The maximum absolute atomic E-state index is 10.6. The van der Waals surface area contributed by atoms with E-state index in [1.165, 1.54) is 18.2 Å². The summed E-state index contributed by atoms with van der Waals surface area (Å²) in [6.07, 6.45) is 0. The molecule has 1 atom stereocenters. The van der Waals surface area contributed by atoms with Crippen LogP contribution in [0.5, 0.6) is 0 Å². The summed E-state index contributed by atoms with van der Waals surface area (Å²) in [5.74, 6) is 0. The van der Waals surface area contributed by atoms with Crippen molar-refractivity contribution in [1.82, 2.24) is 0 Å². The van der Waals surface area contributed by atoms with Gasteiger partial charge < -0.3 is 5.11 Å². The van der Waals surface area contributed by atoms with E-state index in [0.29, 0.717) is 0 Å². The van der Waals surface area contributed by atoms with Gasteiger partial charge in [-0.25, -0.2) is 0 Å². The summed E-state index contributed by atoms with van der Waals surface area (Å²) in [5.41, 5.74) is -2.23. The Morgan fingerprint density at radius 1 is 1.29 bits per heavy atom. The molecule has 0 saturated heterocycles. The van der Waals surface area contributed by atoms with Crippen molar-refractivity contribution < 1.29 is 18.1 Å². The molecule has 1 unspecified atom stereocenters. The summed E-state index contributed by atoms with van der Waals surface area (Å²) in [5, 5.41) is 9.41. The van der Waals surface area contributed by atoms with E-state index < -0.39 is 15.6 Å². The fourth-order valence-electron chi connectivity index (χ4n) is 0.864. The molecule has 14 heavy (non-hydrogen) atoms. The Morgan fingerprint density at radius 3 is 2.36 bits per heavy atom. The molecule has 0 spiro atoms. The predicted octanol–water partition coefficient (Wildman–Crippen LogP) is 1.87. The number of hydrogen-bond acceptors (Lipinski definition) is 3. The number of benzene rings is 1. The molecule has 0 aliphatic heterocycles. The van der Waals surface area contributed by atoms with E-state index in [1.807, 2.05) is 0 Å². The molecule has 0 saturated carbocycles. The third-order valence-electron chi connectivity index (χ3n) is 1.51. The predicted molar refractivity (Wildman–Crippen MR) is 53.0 cm³/mol. The Labute approximate surface area is 90.8 Å². The highest BCUT2D eigenvalue weighted by atomic mass is 35.5. The highest BCUT2D eigenvalue weighted by Gasteiger charge is 2.24. The zero-order valence-corrected chi connectivity index (χ0v) is 9.01. The largest absolute Gasteiger partial charge is 0.371 e. The SMILES string of the molecule is O=S(=O)(O)C(O)c1cc(Cl)ccc1Cl. The number of hydrogen-bond donors (Lipinski definition) is 2.